The van der Waals surface area contributed by atoms with Crippen molar-refractivity contribution in [3.63, 3.8) is 0 Å². The minimum Gasteiger partial charge on any atom is -0.489 e. The predicted molar refractivity (Wildman–Crippen MR) is 76.3 cm³/mol. The molecule has 0 amide bonds. The van der Waals surface area contributed by atoms with Gasteiger partial charge in [0, 0.05) is 12.6 Å². The molecule has 0 aromatic heterocycles. The first-order valence-electron chi connectivity index (χ1n) is 6.67. The highest BCUT2D eigenvalue weighted by Crippen LogP contribution is 2.23. The van der Waals surface area contributed by atoms with Gasteiger partial charge in [0.1, 0.15) is 12.4 Å². The van der Waals surface area contributed by atoms with Crippen molar-refractivity contribution in [1.29, 1.82) is 0 Å². The first-order valence-corrected chi connectivity index (χ1v) is 6.67. The van der Waals surface area contributed by atoms with Crippen LogP contribution in [0.4, 0.5) is 0 Å². The maximum absolute atomic E-state index is 5.87. The number of hydrogen-bond donors (Lipinski definition) is 1. The molecule has 0 saturated heterocycles. The van der Waals surface area contributed by atoms with Crippen molar-refractivity contribution >= 4 is 0 Å². The first kappa shape index (κ1) is 13.2. The Hall–Kier alpha value is -1.28. The second kappa shape index (κ2) is 5.57. The summed E-state index contributed by atoms with van der Waals surface area (Å²) in [5, 5.41) is 3.45. The van der Waals surface area contributed by atoms with Crippen LogP contribution in [0.2, 0.25) is 0 Å². The fourth-order valence-electron chi connectivity index (χ4n) is 1.96. The zero-order valence-corrected chi connectivity index (χ0v) is 11.7. The molecule has 0 spiro atoms. The molecule has 0 unspecified atom stereocenters. The normalized spacial score (nSPS) is 14.6. The van der Waals surface area contributed by atoms with Crippen molar-refractivity contribution in [2.24, 2.45) is 0 Å². The molecular weight excluding hydrogens is 222 g/mol. The SMILES string of the molecule is C=C(CNC1CC1)COc1cc(C)cc(C)c1C. The molecule has 0 aliphatic heterocycles. The van der Waals surface area contributed by atoms with Crippen LogP contribution < -0.4 is 10.1 Å². The number of benzene rings is 1. The summed E-state index contributed by atoms with van der Waals surface area (Å²) < 4.78 is 5.87. The average molecular weight is 245 g/mol. The Morgan fingerprint density at radius 1 is 1.33 bits per heavy atom. The molecule has 1 aromatic rings. The lowest BCUT2D eigenvalue weighted by atomic mass is 10.1. The largest absolute Gasteiger partial charge is 0.489 e. The minimum atomic E-state index is 0.601. The number of nitrogens with one attached hydrogen (secondary N) is 1. The molecule has 1 fully saturated rings. The molecule has 2 rings (SSSR count). The number of rotatable bonds is 6. The molecule has 2 heteroatoms. The fourth-order valence-corrected chi connectivity index (χ4v) is 1.96. The summed E-state index contributed by atoms with van der Waals surface area (Å²) in [4.78, 5) is 0. The molecule has 2 nitrogen and oxygen atoms in total. The summed E-state index contributed by atoms with van der Waals surface area (Å²) in [5.74, 6) is 0.986. The lowest BCUT2D eigenvalue weighted by molar-refractivity contribution is 0.345. The molecule has 18 heavy (non-hydrogen) atoms. The Morgan fingerprint density at radius 3 is 2.72 bits per heavy atom. The van der Waals surface area contributed by atoms with Crippen molar-refractivity contribution in [3.05, 3.63) is 41.0 Å². The van der Waals surface area contributed by atoms with Gasteiger partial charge in [0.25, 0.3) is 0 Å². The molecule has 1 aromatic carbocycles. The van der Waals surface area contributed by atoms with Gasteiger partial charge < -0.3 is 10.1 Å². The summed E-state index contributed by atoms with van der Waals surface area (Å²) in [7, 11) is 0. The van der Waals surface area contributed by atoms with Crippen molar-refractivity contribution in [3.8, 4) is 5.75 Å². The van der Waals surface area contributed by atoms with Crippen LogP contribution in [0.25, 0.3) is 0 Å². The van der Waals surface area contributed by atoms with Crippen LogP contribution in [0.1, 0.15) is 29.5 Å². The van der Waals surface area contributed by atoms with E-state index in [0.29, 0.717) is 6.61 Å². The summed E-state index contributed by atoms with van der Waals surface area (Å²) in [6.45, 7) is 11.9. The Kier molecular flexibility index (Phi) is 4.07. The Morgan fingerprint density at radius 2 is 2.06 bits per heavy atom. The zero-order valence-electron chi connectivity index (χ0n) is 11.7. The smallest absolute Gasteiger partial charge is 0.123 e. The van der Waals surface area contributed by atoms with E-state index in [0.717, 1.165) is 23.9 Å². The standard InChI is InChI=1S/C16H23NO/c1-11-7-13(3)14(4)16(8-11)18-10-12(2)9-17-15-5-6-15/h7-8,15,17H,2,5-6,9-10H2,1,3-4H3. The van der Waals surface area contributed by atoms with E-state index in [-0.39, 0.29) is 0 Å². The van der Waals surface area contributed by atoms with Crippen LogP contribution in [0, 0.1) is 20.8 Å². The first-order chi connectivity index (χ1) is 8.56. The topological polar surface area (TPSA) is 21.3 Å². The quantitative estimate of drug-likeness (QED) is 0.776. The van der Waals surface area contributed by atoms with E-state index in [2.05, 4.69) is 44.8 Å². The zero-order chi connectivity index (χ0) is 13.1. The second-order valence-electron chi connectivity index (χ2n) is 5.40. The van der Waals surface area contributed by atoms with E-state index in [9.17, 15) is 0 Å². The molecule has 98 valence electrons. The summed E-state index contributed by atoms with van der Waals surface area (Å²) in [5.41, 5.74) is 4.87. The van der Waals surface area contributed by atoms with Gasteiger partial charge in [-0.3, -0.25) is 0 Å². The predicted octanol–water partition coefficient (Wildman–Crippen LogP) is 3.30. The van der Waals surface area contributed by atoms with Crippen LogP contribution in [-0.2, 0) is 0 Å². The van der Waals surface area contributed by atoms with Crippen molar-refractivity contribution in [1.82, 2.24) is 5.32 Å². The number of ether oxygens (including phenoxy) is 1. The van der Waals surface area contributed by atoms with Crippen LogP contribution in [-0.4, -0.2) is 19.2 Å². The highest BCUT2D eigenvalue weighted by atomic mass is 16.5. The molecule has 1 aliphatic carbocycles. The molecule has 0 bridgehead atoms. The second-order valence-corrected chi connectivity index (χ2v) is 5.40. The maximum Gasteiger partial charge on any atom is 0.123 e. The third-order valence-electron chi connectivity index (χ3n) is 3.41. The molecule has 0 atom stereocenters. The van der Waals surface area contributed by atoms with E-state index in [1.165, 1.54) is 29.5 Å². The van der Waals surface area contributed by atoms with Crippen LogP contribution in [0.5, 0.6) is 5.75 Å². The van der Waals surface area contributed by atoms with E-state index in [1.54, 1.807) is 0 Å². The van der Waals surface area contributed by atoms with E-state index >= 15 is 0 Å². The van der Waals surface area contributed by atoms with Gasteiger partial charge in [-0.2, -0.15) is 0 Å². The summed E-state index contributed by atoms with van der Waals surface area (Å²) in [6.07, 6.45) is 2.62. The summed E-state index contributed by atoms with van der Waals surface area (Å²) in [6, 6.07) is 5.01. The van der Waals surface area contributed by atoms with Gasteiger partial charge in [-0.25, -0.2) is 0 Å². The molecular formula is C16H23NO. The molecule has 1 saturated carbocycles. The fraction of sp³-hybridized carbons (Fsp3) is 0.500. The van der Waals surface area contributed by atoms with E-state index in [4.69, 9.17) is 4.74 Å². The Balaban J connectivity index is 1.86. The summed E-state index contributed by atoms with van der Waals surface area (Å²) >= 11 is 0. The van der Waals surface area contributed by atoms with Crippen molar-refractivity contribution < 1.29 is 4.74 Å². The monoisotopic (exact) mass is 245 g/mol. The highest BCUT2D eigenvalue weighted by Gasteiger charge is 2.20. The van der Waals surface area contributed by atoms with Gasteiger partial charge in [-0.1, -0.05) is 12.6 Å². The van der Waals surface area contributed by atoms with Gasteiger partial charge in [0.15, 0.2) is 0 Å². The number of hydrogen-bond acceptors (Lipinski definition) is 2. The Labute approximate surface area is 110 Å². The third kappa shape index (κ3) is 3.61. The van der Waals surface area contributed by atoms with Gasteiger partial charge in [-0.15, -0.1) is 0 Å². The van der Waals surface area contributed by atoms with Crippen LogP contribution >= 0.6 is 0 Å². The van der Waals surface area contributed by atoms with Crippen molar-refractivity contribution in [2.75, 3.05) is 13.2 Å². The van der Waals surface area contributed by atoms with E-state index < -0.39 is 0 Å². The molecule has 1 N–H and O–H groups in total. The molecule has 0 radical (unpaired) electrons. The van der Waals surface area contributed by atoms with E-state index in [1.807, 2.05) is 0 Å². The Bertz CT molecular complexity index is 447. The average Bonchev–Trinajstić information content (AvgIpc) is 3.13. The molecule has 0 heterocycles. The lowest BCUT2D eigenvalue weighted by Gasteiger charge is -2.14. The number of aryl methyl sites for hydroxylation is 2. The third-order valence-corrected chi connectivity index (χ3v) is 3.41. The molecule has 1 aliphatic rings. The van der Waals surface area contributed by atoms with Gasteiger partial charge in [-0.05, 0) is 61.9 Å². The van der Waals surface area contributed by atoms with Crippen molar-refractivity contribution in [2.45, 2.75) is 39.7 Å². The van der Waals surface area contributed by atoms with Gasteiger partial charge in [0.2, 0.25) is 0 Å². The lowest BCUT2D eigenvalue weighted by Crippen LogP contribution is -2.21. The van der Waals surface area contributed by atoms with Crippen LogP contribution in [0.3, 0.4) is 0 Å². The maximum atomic E-state index is 5.87. The minimum absolute atomic E-state index is 0.601. The van der Waals surface area contributed by atoms with Gasteiger partial charge >= 0.3 is 0 Å². The van der Waals surface area contributed by atoms with Crippen LogP contribution in [0.15, 0.2) is 24.3 Å². The highest BCUT2D eigenvalue weighted by molar-refractivity contribution is 5.42. The van der Waals surface area contributed by atoms with Gasteiger partial charge in [0.05, 0.1) is 0 Å².